The molecule has 2 aromatic rings. The van der Waals surface area contributed by atoms with Gasteiger partial charge in [-0.15, -0.1) is 0 Å². The summed E-state index contributed by atoms with van der Waals surface area (Å²) in [4.78, 5) is 2.16. The van der Waals surface area contributed by atoms with Crippen LogP contribution in [0, 0.1) is 0 Å². The Morgan fingerprint density at radius 3 is 3.00 bits per heavy atom. The fourth-order valence-electron chi connectivity index (χ4n) is 2.93. The third-order valence-corrected chi connectivity index (χ3v) is 4.64. The fourth-order valence-corrected chi connectivity index (χ4v) is 3.14. The minimum absolute atomic E-state index is 0.231. The molecule has 1 aromatic heterocycles. The van der Waals surface area contributed by atoms with Crippen molar-refractivity contribution in [1.29, 1.82) is 0 Å². The highest BCUT2D eigenvalue weighted by Crippen LogP contribution is 2.18. The number of ether oxygens (including phenoxy) is 2. The van der Waals surface area contributed by atoms with Gasteiger partial charge in [-0.3, -0.25) is 0 Å². The highest BCUT2D eigenvalue weighted by Gasteiger charge is 2.21. The summed E-state index contributed by atoms with van der Waals surface area (Å²) in [6.07, 6.45) is 4.09. The minimum atomic E-state index is 0.231. The van der Waals surface area contributed by atoms with Gasteiger partial charge < -0.3 is 24.1 Å². The standard InChI is InChI=1S/C19H24N2O3S/c1-22-16-6-2-5-15(11-16)13-21(14-18-8-4-10-24-18)19(25)20-12-17-7-3-9-23-17/h2-3,5-7,9,11,18H,4,8,10,12-14H2,1H3,(H,20,25). The average Bonchev–Trinajstić information content (AvgIpc) is 3.33. The summed E-state index contributed by atoms with van der Waals surface area (Å²) in [6, 6.07) is 11.9. The smallest absolute Gasteiger partial charge is 0.169 e. The number of hydrogen-bond acceptors (Lipinski definition) is 4. The molecule has 5 nitrogen and oxygen atoms in total. The molecule has 1 atom stereocenters. The first-order valence-corrected chi connectivity index (χ1v) is 8.95. The largest absolute Gasteiger partial charge is 0.497 e. The number of benzene rings is 1. The number of furan rings is 1. The van der Waals surface area contributed by atoms with Crippen molar-refractivity contribution >= 4 is 17.3 Å². The first-order chi connectivity index (χ1) is 12.2. The van der Waals surface area contributed by atoms with Gasteiger partial charge in [-0.2, -0.15) is 0 Å². The van der Waals surface area contributed by atoms with Gasteiger partial charge in [-0.05, 0) is 54.9 Å². The zero-order chi connectivity index (χ0) is 17.5. The SMILES string of the molecule is COc1cccc(CN(CC2CCCO2)C(=S)NCc2ccco2)c1. The molecule has 0 saturated carbocycles. The first kappa shape index (κ1) is 17.8. The Morgan fingerprint density at radius 2 is 2.28 bits per heavy atom. The van der Waals surface area contributed by atoms with Crippen molar-refractivity contribution in [3.8, 4) is 5.75 Å². The Labute approximate surface area is 153 Å². The molecule has 1 aromatic carbocycles. The predicted octanol–water partition coefficient (Wildman–Crippen LogP) is 3.34. The maximum absolute atomic E-state index is 5.79. The second-order valence-corrected chi connectivity index (χ2v) is 6.49. The molecule has 1 aliphatic heterocycles. The van der Waals surface area contributed by atoms with Gasteiger partial charge in [0.1, 0.15) is 11.5 Å². The molecule has 1 saturated heterocycles. The van der Waals surface area contributed by atoms with Crippen LogP contribution in [0.1, 0.15) is 24.2 Å². The van der Waals surface area contributed by atoms with Crippen LogP contribution >= 0.6 is 12.2 Å². The Hall–Kier alpha value is -2.05. The van der Waals surface area contributed by atoms with E-state index < -0.39 is 0 Å². The molecule has 1 unspecified atom stereocenters. The van der Waals surface area contributed by atoms with Gasteiger partial charge in [-0.25, -0.2) is 0 Å². The summed E-state index contributed by atoms with van der Waals surface area (Å²) in [5, 5.41) is 3.99. The third kappa shape index (κ3) is 5.21. The van der Waals surface area contributed by atoms with Crippen molar-refractivity contribution in [3.05, 3.63) is 54.0 Å². The molecule has 1 aliphatic rings. The van der Waals surface area contributed by atoms with Crippen molar-refractivity contribution in [3.63, 3.8) is 0 Å². The zero-order valence-electron chi connectivity index (χ0n) is 14.4. The molecule has 0 amide bonds. The quantitative estimate of drug-likeness (QED) is 0.764. The van der Waals surface area contributed by atoms with Crippen LogP contribution in [-0.4, -0.2) is 36.4 Å². The fraction of sp³-hybridized carbons (Fsp3) is 0.421. The summed E-state index contributed by atoms with van der Waals surface area (Å²) in [6.45, 7) is 2.90. The number of nitrogens with one attached hydrogen (secondary N) is 1. The van der Waals surface area contributed by atoms with E-state index in [9.17, 15) is 0 Å². The van der Waals surface area contributed by atoms with Crippen LogP contribution in [-0.2, 0) is 17.8 Å². The topological polar surface area (TPSA) is 46.9 Å². The molecule has 2 heterocycles. The lowest BCUT2D eigenvalue weighted by molar-refractivity contribution is 0.0897. The van der Waals surface area contributed by atoms with E-state index in [1.807, 2.05) is 30.3 Å². The van der Waals surface area contributed by atoms with E-state index >= 15 is 0 Å². The first-order valence-electron chi connectivity index (χ1n) is 8.54. The maximum atomic E-state index is 5.79. The van der Waals surface area contributed by atoms with Crippen LogP contribution in [0.3, 0.4) is 0 Å². The van der Waals surface area contributed by atoms with Crippen molar-refractivity contribution in [2.75, 3.05) is 20.3 Å². The number of nitrogens with zero attached hydrogens (tertiary/aromatic N) is 1. The van der Waals surface area contributed by atoms with Gasteiger partial charge in [0.05, 0.1) is 26.0 Å². The summed E-state index contributed by atoms with van der Waals surface area (Å²) in [5.41, 5.74) is 1.15. The van der Waals surface area contributed by atoms with Gasteiger partial charge in [0.15, 0.2) is 5.11 Å². The minimum Gasteiger partial charge on any atom is -0.497 e. The van der Waals surface area contributed by atoms with Crippen LogP contribution in [0.2, 0.25) is 0 Å². The number of thiocarbonyl (C=S) groups is 1. The van der Waals surface area contributed by atoms with Gasteiger partial charge >= 0.3 is 0 Å². The predicted molar refractivity (Wildman–Crippen MR) is 101 cm³/mol. The summed E-state index contributed by atoms with van der Waals surface area (Å²) < 4.78 is 16.5. The molecule has 3 rings (SSSR count). The zero-order valence-corrected chi connectivity index (χ0v) is 15.3. The monoisotopic (exact) mass is 360 g/mol. The van der Waals surface area contributed by atoms with E-state index in [0.29, 0.717) is 18.2 Å². The molecular weight excluding hydrogens is 336 g/mol. The molecule has 0 spiro atoms. The van der Waals surface area contributed by atoms with Gasteiger partial charge in [0, 0.05) is 19.7 Å². The van der Waals surface area contributed by atoms with E-state index in [1.54, 1.807) is 13.4 Å². The van der Waals surface area contributed by atoms with E-state index in [1.165, 1.54) is 0 Å². The molecule has 0 bridgehead atoms. The van der Waals surface area contributed by atoms with E-state index in [0.717, 1.165) is 43.1 Å². The second-order valence-electron chi connectivity index (χ2n) is 6.11. The van der Waals surface area contributed by atoms with E-state index in [2.05, 4.69) is 16.3 Å². The van der Waals surface area contributed by atoms with Gasteiger partial charge in [-0.1, -0.05) is 12.1 Å². The Bertz CT molecular complexity index is 669. The van der Waals surface area contributed by atoms with Gasteiger partial charge in [0.25, 0.3) is 0 Å². The lowest BCUT2D eigenvalue weighted by Gasteiger charge is -2.28. The van der Waals surface area contributed by atoms with Crippen LogP contribution in [0.15, 0.2) is 47.1 Å². The molecule has 1 fully saturated rings. The van der Waals surface area contributed by atoms with E-state index in [-0.39, 0.29) is 6.10 Å². The van der Waals surface area contributed by atoms with E-state index in [4.69, 9.17) is 26.1 Å². The van der Waals surface area contributed by atoms with Gasteiger partial charge in [0.2, 0.25) is 0 Å². The third-order valence-electron chi connectivity index (χ3n) is 4.24. The number of hydrogen-bond donors (Lipinski definition) is 1. The normalized spacial score (nSPS) is 16.6. The molecule has 6 heteroatoms. The molecule has 0 aliphatic carbocycles. The Morgan fingerprint density at radius 1 is 1.36 bits per heavy atom. The molecule has 1 N–H and O–H groups in total. The number of methoxy groups -OCH3 is 1. The second kappa shape index (κ2) is 8.87. The highest BCUT2D eigenvalue weighted by molar-refractivity contribution is 7.80. The molecule has 0 radical (unpaired) electrons. The molecule has 25 heavy (non-hydrogen) atoms. The molecular formula is C19H24N2O3S. The summed E-state index contributed by atoms with van der Waals surface area (Å²) in [7, 11) is 1.68. The number of rotatable bonds is 7. The van der Waals surface area contributed by atoms with Crippen LogP contribution in [0.25, 0.3) is 0 Å². The lowest BCUT2D eigenvalue weighted by atomic mass is 10.2. The van der Waals surface area contributed by atoms with Crippen molar-refractivity contribution in [2.45, 2.75) is 32.0 Å². The Kier molecular flexibility index (Phi) is 6.30. The van der Waals surface area contributed by atoms with Crippen molar-refractivity contribution < 1.29 is 13.9 Å². The van der Waals surface area contributed by atoms with Crippen LogP contribution in [0.4, 0.5) is 0 Å². The maximum Gasteiger partial charge on any atom is 0.169 e. The Balaban J connectivity index is 1.65. The van der Waals surface area contributed by atoms with Crippen LogP contribution < -0.4 is 10.1 Å². The van der Waals surface area contributed by atoms with Crippen LogP contribution in [0.5, 0.6) is 5.75 Å². The van der Waals surface area contributed by atoms with Crippen molar-refractivity contribution in [2.24, 2.45) is 0 Å². The highest BCUT2D eigenvalue weighted by atomic mass is 32.1. The van der Waals surface area contributed by atoms with Crippen molar-refractivity contribution in [1.82, 2.24) is 10.2 Å². The summed E-state index contributed by atoms with van der Waals surface area (Å²) in [5.74, 6) is 1.71. The lowest BCUT2D eigenvalue weighted by Crippen LogP contribution is -2.42. The summed E-state index contributed by atoms with van der Waals surface area (Å²) >= 11 is 5.63. The molecule has 134 valence electrons. The average molecular weight is 360 g/mol.